The van der Waals surface area contributed by atoms with Crippen molar-refractivity contribution in [3.63, 3.8) is 0 Å². The average molecular weight is 577 g/mol. The summed E-state index contributed by atoms with van der Waals surface area (Å²) >= 11 is 7.87. The van der Waals surface area contributed by atoms with Gasteiger partial charge in [0.05, 0.1) is 35.6 Å². The quantitative estimate of drug-likeness (QED) is 0.262. The van der Waals surface area contributed by atoms with Gasteiger partial charge in [-0.05, 0) is 74.4 Å². The van der Waals surface area contributed by atoms with Gasteiger partial charge in [-0.1, -0.05) is 53.3 Å². The summed E-state index contributed by atoms with van der Waals surface area (Å²) in [6.07, 6.45) is 1.83. The lowest BCUT2D eigenvalue weighted by Crippen LogP contribution is -2.40. The van der Waals surface area contributed by atoms with Gasteiger partial charge in [0.1, 0.15) is 17.5 Å². The van der Waals surface area contributed by atoms with E-state index in [4.69, 9.17) is 25.8 Å². The second kappa shape index (κ2) is 11.7. The van der Waals surface area contributed by atoms with E-state index in [-0.39, 0.29) is 17.7 Å². The number of allylic oxidation sites excluding steroid dienone is 1. The molecule has 1 atom stereocenters. The van der Waals surface area contributed by atoms with E-state index in [1.165, 1.54) is 15.9 Å². The predicted molar refractivity (Wildman–Crippen MR) is 158 cm³/mol. The monoisotopic (exact) mass is 576 g/mol. The first kappa shape index (κ1) is 27.7. The Morgan fingerprint density at radius 2 is 1.80 bits per heavy atom. The fourth-order valence-corrected chi connectivity index (χ4v) is 6.17. The molecule has 1 aliphatic rings. The molecule has 7 nitrogen and oxygen atoms in total. The van der Waals surface area contributed by atoms with Crippen LogP contribution >= 0.6 is 22.9 Å². The van der Waals surface area contributed by atoms with E-state index < -0.39 is 12.0 Å². The Hall–Kier alpha value is -3.88. The molecule has 1 aromatic heterocycles. The Morgan fingerprint density at radius 1 is 1.05 bits per heavy atom. The van der Waals surface area contributed by atoms with Gasteiger partial charge >= 0.3 is 5.97 Å². The van der Waals surface area contributed by atoms with Gasteiger partial charge in [0.25, 0.3) is 5.56 Å². The van der Waals surface area contributed by atoms with Crippen molar-refractivity contribution in [2.75, 3.05) is 19.8 Å². The molecule has 0 saturated heterocycles. The molecular weight excluding hydrogens is 548 g/mol. The predicted octanol–water partition coefficient (Wildman–Crippen LogP) is 5.40. The summed E-state index contributed by atoms with van der Waals surface area (Å²) in [4.78, 5) is 32.4. The molecule has 0 saturated carbocycles. The van der Waals surface area contributed by atoms with Crippen LogP contribution in [-0.4, -0.2) is 30.4 Å². The van der Waals surface area contributed by atoms with Crippen molar-refractivity contribution in [2.45, 2.75) is 33.7 Å². The first-order valence-electron chi connectivity index (χ1n) is 13.1. The van der Waals surface area contributed by atoms with Crippen LogP contribution in [0.3, 0.4) is 0 Å². The molecular formula is C31H29ClN2O5S. The molecule has 0 aliphatic carbocycles. The number of nitrogens with zero attached hydrogens (tertiary/aromatic N) is 2. The summed E-state index contributed by atoms with van der Waals surface area (Å²) in [6, 6.07) is 16.2. The first-order chi connectivity index (χ1) is 19.4. The molecule has 9 heteroatoms. The molecule has 4 aromatic rings. The van der Waals surface area contributed by atoms with Crippen LogP contribution in [0, 0.1) is 0 Å². The number of rotatable bonds is 8. The number of benzene rings is 3. The van der Waals surface area contributed by atoms with Crippen molar-refractivity contribution >= 4 is 45.8 Å². The van der Waals surface area contributed by atoms with Crippen molar-refractivity contribution in [1.29, 1.82) is 0 Å². The van der Waals surface area contributed by atoms with Gasteiger partial charge in [-0.2, -0.15) is 0 Å². The Morgan fingerprint density at radius 3 is 2.52 bits per heavy atom. The maximum atomic E-state index is 14.1. The molecule has 1 aliphatic heterocycles. The van der Waals surface area contributed by atoms with Gasteiger partial charge in [0.15, 0.2) is 4.80 Å². The zero-order valence-electron chi connectivity index (χ0n) is 22.7. The SMILES string of the molecule is CCOC(=O)C1=C(C)N=c2s/c(=C/c3c(OCC)ccc4ccc(OCC)cc34)c(=O)n2[C@H]1c1ccccc1Cl. The number of esters is 1. The van der Waals surface area contributed by atoms with Gasteiger partial charge < -0.3 is 14.2 Å². The zero-order chi connectivity index (χ0) is 28.4. The number of halogens is 1. The summed E-state index contributed by atoms with van der Waals surface area (Å²) in [5.74, 6) is 0.854. The van der Waals surface area contributed by atoms with Crippen LogP contribution in [0.1, 0.15) is 44.9 Å². The molecule has 0 bridgehead atoms. The summed E-state index contributed by atoms with van der Waals surface area (Å²) < 4.78 is 19.1. The van der Waals surface area contributed by atoms with Crippen LogP contribution in [-0.2, 0) is 9.53 Å². The van der Waals surface area contributed by atoms with Crippen molar-refractivity contribution in [2.24, 2.45) is 4.99 Å². The van der Waals surface area contributed by atoms with Gasteiger partial charge in [-0.25, -0.2) is 9.79 Å². The van der Waals surface area contributed by atoms with E-state index in [1.54, 1.807) is 19.9 Å². The van der Waals surface area contributed by atoms with Gasteiger partial charge in [0, 0.05) is 10.6 Å². The third-order valence-electron chi connectivity index (χ3n) is 6.60. The molecule has 0 radical (unpaired) electrons. The minimum atomic E-state index is -0.783. The largest absolute Gasteiger partial charge is 0.494 e. The third kappa shape index (κ3) is 5.05. The Labute approximate surface area is 240 Å². The third-order valence-corrected chi connectivity index (χ3v) is 7.92. The summed E-state index contributed by atoms with van der Waals surface area (Å²) in [5.41, 5.74) is 1.87. The van der Waals surface area contributed by atoms with Gasteiger partial charge in [0.2, 0.25) is 0 Å². The summed E-state index contributed by atoms with van der Waals surface area (Å²) in [5, 5.41) is 2.32. The molecule has 0 fully saturated rings. The maximum Gasteiger partial charge on any atom is 0.338 e. The highest BCUT2D eigenvalue weighted by molar-refractivity contribution is 7.07. The van der Waals surface area contributed by atoms with Crippen molar-refractivity contribution in [3.05, 3.63) is 102 Å². The van der Waals surface area contributed by atoms with Crippen molar-refractivity contribution < 1.29 is 19.0 Å². The van der Waals surface area contributed by atoms with Crippen LogP contribution in [0.2, 0.25) is 5.02 Å². The number of hydrogen-bond donors (Lipinski definition) is 0. The van der Waals surface area contributed by atoms with Crippen molar-refractivity contribution in [3.8, 4) is 11.5 Å². The van der Waals surface area contributed by atoms with E-state index >= 15 is 0 Å². The number of fused-ring (bicyclic) bond motifs is 2. The van der Waals surface area contributed by atoms with Crippen LogP contribution in [0.5, 0.6) is 11.5 Å². The molecule has 206 valence electrons. The average Bonchev–Trinajstić information content (AvgIpc) is 3.24. The van der Waals surface area contributed by atoms with E-state index in [0.29, 0.717) is 44.6 Å². The lowest BCUT2D eigenvalue weighted by Gasteiger charge is -2.25. The molecule has 5 rings (SSSR count). The number of thiazole rings is 1. The lowest BCUT2D eigenvalue weighted by atomic mass is 9.96. The number of hydrogen-bond acceptors (Lipinski definition) is 7. The number of aromatic nitrogens is 1. The normalized spacial score (nSPS) is 15.1. The molecule has 0 amide bonds. The van der Waals surface area contributed by atoms with E-state index in [0.717, 1.165) is 22.1 Å². The van der Waals surface area contributed by atoms with E-state index in [1.807, 2.05) is 68.5 Å². The van der Waals surface area contributed by atoms with E-state index in [2.05, 4.69) is 4.99 Å². The van der Waals surface area contributed by atoms with Gasteiger partial charge in [-0.3, -0.25) is 9.36 Å². The molecule has 2 heterocycles. The lowest BCUT2D eigenvalue weighted by molar-refractivity contribution is -0.139. The molecule has 0 N–H and O–H groups in total. The number of ether oxygens (including phenoxy) is 3. The zero-order valence-corrected chi connectivity index (χ0v) is 24.3. The number of carbonyl (C=O) groups is 1. The highest BCUT2D eigenvalue weighted by Crippen LogP contribution is 2.35. The standard InChI is InChI=1S/C31H29ClN2O5S/c1-5-37-20-14-12-19-13-15-25(38-6-2)23(22(19)16-20)17-26-29(35)34-28(21-10-8-9-11-24(21)32)27(30(36)39-7-3)18(4)33-31(34)40-26/h8-17,28H,5-7H2,1-4H3/b26-17+/t28-/m0/s1. The summed E-state index contributed by atoms with van der Waals surface area (Å²) in [6.45, 7) is 8.54. The molecule has 0 spiro atoms. The van der Waals surface area contributed by atoms with Crippen LogP contribution in [0.25, 0.3) is 16.8 Å². The Kier molecular flexibility index (Phi) is 8.09. The highest BCUT2D eigenvalue weighted by atomic mass is 35.5. The van der Waals surface area contributed by atoms with Gasteiger partial charge in [-0.15, -0.1) is 0 Å². The topological polar surface area (TPSA) is 79.1 Å². The van der Waals surface area contributed by atoms with Crippen LogP contribution in [0.4, 0.5) is 0 Å². The van der Waals surface area contributed by atoms with Crippen LogP contribution < -0.4 is 24.4 Å². The fourth-order valence-electron chi connectivity index (χ4n) is 4.90. The first-order valence-corrected chi connectivity index (χ1v) is 14.3. The maximum absolute atomic E-state index is 14.1. The second-order valence-electron chi connectivity index (χ2n) is 9.05. The second-order valence-corrected chi connectivity index (χ2v) is 10.5. The molecule has 40 heavy (non-hydrogen) atoms. The molecule has 0 unspecified atom stereocenters. The molecule has 3 aromatic carbocycles. The Balaban J connectivity index is 1.79. The minimum absolute atomic E-state index is 0.195. The van der Waals surface area contributed by atoms with Crippen LogP contribution in [0.15, 0.2) is 75.7 Å². The summed E-state index contributed by atoms with van der Waals surface area (Å²) in [7, 11) is 0. The Bertz CT molecular complexity index is 1820. The smallest absolute Gasteiger partial charge is 0.338 e. The minimum Gasteiger partial charge on any atom is -0.494 e. The fraction of sp³-hybridized carbons (Fsp3) is 0.258. The number of carbonyl (C=O) groups excluding carboxylic acids is 1. The van der Waals surface area contributed by atoms with E-state index in [9.17, 15) is 9.59 Å². The van der Waals surface area contributed by atoms with Crippen molar-refractivity contribution in [1.82, 2.24) is 4.57 Å². The highest BCUT2D eigenvalue weighted by Gasteiger charge is 2.34.